The average molecular weight is 338 g/mol. The third-order valence-electron chi connectivity index (χ3n) is 2.72. The Bertz CT molecular complexity index is 586. The highest BCUT2D eigenvalue weighted by Crippen LogP contribution is 2.26. The molecule has 2 nitrogen and oxygen atoms in total. The Kier molecular flexibility index (Phi) is 5.01. The number of hydrogen-bond donors (Lipinski definition) is 1. The third kappa shape index (κ3) is 3.97. The molecule has 0 amide bonds. The molecule has 2 aromatic rings. The normalized spacial score (nSPS) is 10.7. The second-order valence-corrected chi connectivity index (χ2v) is 5.62. The Hall–Kier alpha value is -1.55. The number of para-hydroxylation sites is 2. The van der Waals surface area contributed by atoms with Gasteiger partial charge in [0.2, 0.25) is 0 Å². The molecule has 0 fully saturated rings. The molecule has 106 valence electrons. The first-order chi connectivity index (χ1) is 9.56. The van der Waals surface area contributed by atoms with Gasteiger partial charge in [-0.05, 0) is 59.6 Å². The van der Waals surface area contributed by atoms with E-state index in [1.54, 1.807) is 12.1 Å². The van der Waals surface area contributed by atoms with Gasteiger partial charge >= 0.3 is 0 Å². The molecule has 20 heavy (non-hydrogen) atoms. The van der Waals surface area contributed by atoms with E-state index >= 15 is 0 Å². The van der Waals surface area contributed by atoms with E-state index in [4.69, 9.17) is 4.74 Å². The molecule has 1 N–H and O–H groups in total. The molecule has 0 atom stereocenters. The molecule has 0 unspecified atom stereocenters. The summed E-state index contributed by atoms with van der Waals surface area (Å²) >= 11 is 3.19. The van der Waals surface area contributed by atoms with Crippen LogP contribution in [0.4, 0.5) is 10.1 Å². The highest BCUT2D eigenvalue weighted by molar-refractivity contribution is 9.10. The molecule has 0 bridgehead atoms. The Morgan fingerprint density at radius 2 is 1.95 bits per heavy atom. The topological polar surface area (TPSA) is 21.3 Å². The minimum Gasteiger partial charge on any atom is -0.489 e. The lowest BCUT2D eigenvalue weighted by molar-refractivity contribution is 0.243. The van der Waals surface area contributed by atoms with Crippen molar-refractivity contribution >= 4 is 21.6 Å². The van der Waals surface area contributed by atoms with Gasteiger partial charge in [-0.3, -0.25) is 0 Å². The number of nitrogens with one attached hydrogen (secondary N) is 1. The van der Waals surface area contributed by atoms with E-state index < -0.39 is 0 Å². The second kappa shape index (κ2) is 6.75. The summed E-state index contributed by atoms with van der Waals surface area (Å²) in [5.74, 6) is 0.570. The summed E-state index contributed by atoms with van der Waals surface area (Å²) in [6.45, 7) is 4.60. The summed E-state index contributed by atoms with van der Waals surface area (Å²) in [4.78, 5) is 0. The quantitative estimate of drug-likeness (QED) is 0.829. The van der Waals surface area contributed by atoms with Crippen LogP contribution in [0.2, 0.25) is 0 Å². The highest BCUT2D eigenvalue weighted by atomic mass is 79.9. The van der Waals surface area contributed by atoms with Crippen LogP contribution in [0, 0.1) is 5.82 Å². The van der Waals surface area contributed by atoms with Gasteiger partial charge < -0.3 is 10.1 Å². The first-order valence-electron chi connectivity index (χ1n) is 6.49. The molecule has 0 saturated carbocycles. The predicted molar refractivity (Wildman–Crippen MR) is 83.6 cm³/mol. The molecule has 0 spiro atoms. The first-order valence-corrected chi connectivity index (χ1v) is 7.29. The maximum absolute atomic E-state index is 13.2. The van der Waals surface area contributed by atoms with E-state index in [1.165, 1.54) is 6.07 Å². The number of anilines is 1. The van der Waals surface area contributed by atoms with Gasteiger partial charge in [-0.15, -0.1) is 0 Å². The van der Waals surface area contributed by atoms with Crippen LogP contribution in [-0.2, 0) is 6.54 Å². The Labute approximate surface area is 127 Å². The fraction of sp³-hybridized carbons (Fsp3) is 0.250. The summed E-state index contributed by atoms with van der Waals surface area (Å²) in [6.07, 6.45) is 0.123. The molecule has 2 rings (SSSR count). The van der Waals surface area contributed by atoms with Crippen molar-refractivity contribution in [1.29, 1.82) is 0 Å². The van der Waals surface area contributed by atoms with E-state index in [1.807, 2.05) is 38.1 Å². The molecule has 0 aromatic heterocycles. The molecule has 0 aliphatic rings. The van der Waals surface area contributed by atoms with Crippen molar-refractivity contribution in [3.05, 3.63) is 58.3 Å². The SMILES string of the molecule is CC(C)Oc1ccccc1NCc1ccc(F)c(Br)c1. The van der Waals surface area contributed by atoms with Gasteiger partial charge in [-0.2, -0.15) is 0 Å². The van der Waals surface area contributed by atoms with Crippen LogP contribution in [0.5, 0.6) is 5.75 Å². The van der Waals surface area contributed by atoms with E-state index in [0.717, 1.165) is 17.0 Å². The van der Waals surface area contributed by atoms with Crippen molar-refractivity contribution in [2.45, 2.75) is 26.5 Å². The number of hydrogen-bond acceptors (Lipinski definition) is 2. The smallest absolute Gasteiger partial charge is 0.142 e. The largest absolute Gasteiger partial charge is 0.489 e. The standard InChI is InChI=1S/C16H17BrFNO/c1-11(2)20-16-6-4-3-5-15(16)19-10-12-7-8-14(18)13(17)9-12/h3-9,11,19H,10H2,1-2H3. The zero-order chi connectivity index (χ0) is 14.5. The summed E-state index contributed by atoms with van der Waals surface area (Å²) in [6, 6.07) is 12.8. The molecular formula is C16H17BrFNO. The molecule has 4 heteroatoms. The van der Waals surface area contributed by atoms with E-state index in [2.05, 4.69) is 21.2 Å². The minimum absolute atomic E-state index is 0.123. The van der Waals surface area contributed by atoms with Crippen LogP contribution in [0.25, 0.3) is 0 Å². The van der Waals surface area contributed by atoms with Crippen molar-refractivity contribution in [3.8, 4) is 5.75 Å². The van der Waals surface area contributed by atoms with Crippen molar-refractivity contribution in [2.75, 3.05) is 5.32 Å². The van der Waals surface area contributed by atoms with E-state index in [0.29, 0.717) is 11.0 Å². The number of halogens is 2. The number of benzene rings is 2. The van der Waals surface area contributed by atoms with Crippen LogP contribution >= 0.6 is 15.9 Å². The van der Waals surface area contributed by atoms with Crippen LogP contribution in [0.3, 0.4) is 0 Å². The summed E-state index contributed by atoms with van der Waals surface area (Å²) < 4.78 is 19.4. The van der Waals surface area contributed by atoms with Crippen molar-refractivity contribution < 1.29 is 9.13 Å². The zero-order valence-corrected chi connectivity index (χ0v) is 13.1. The third-order valence-corrected chi connectivity index (χ3v) is 3.32. The molecule has 0 aliphatic heterocycles. The molecule has 0 radical (unpaired) electrons. The molecule has 0 aliphatic carbocycles. The fourth-order valence-electron chi connectivity index (χ4n) is 1.82. The van der Waals surface area contributed by atoms with E-state index in [-0.39, 0.29) is 11.9 Å². The zero-order valence-electron chi connectivity index (χ0n) is 11.5. The number of ether oxygens (including phenoxy) is 1. The maximum Gasteiger partial charge on any atom is 0.142 e. The minimum atomic E-state index is -0.253. The monoisotopic (exact) mass is 337 g/mol. The summed E-state index contributed by atoms with van der Waals surface area (Å²) in [5.41, 5.74) is 1.93. The highest BCUT2D eigenvalue weighted by Gasteiger charge is 2.05. The molecule has 0 heterocycles. The first kappa shape index (κ1) is 14.9. The predicted octanol–water partition coefficient (Wildman–Crippen LogP) is 4.99. The Balaban J connectivity index is 2.08. The lowest BCUT2D eigenvalue weighted by Crippen LogP contribution is -2.08. The lowest BCUT2D eigenvalue weighted by atomic mass is 10.2. The van der Waals surface area contributed by atoms with Crippen LogP contribution < -0.4 is 10.1 Å². The van der Waals surface area contributed by atoms with Crippen molar-refractivity contribution in [3.63, 3.8) is 0 Å². The molecular weight excluding hydrogens is 321 g/mol. The average Bonchev–Trinajstić information content (AvgIpc) is 2.41. The molecule has 0 saturated heterocycles. The summed E-state index contributed by atoms with van der Waals surface area (Å²) in [5, 5.41) is 3.31. The number of rotatable bonds is 5. The maximum atomic E-state index is 13.2. The Morgan fingerprint density at radius 3 is 2.65 bits per heavy atom. The fourth-order valence-corrected chi connectivity index (χ4v) is 2.24. The van der Waals surface area contributed by atoms with Gasteiger partial charge in [-0.25, -0.2) is 4.39 Å². The van der Waals surface area contributed by atoms with Crippen molar-refractivity contribution in [2.24, 2.45) is 0 Å². The van der Waals surface area contributed by atoms with Crippen molar-refractivity contribution in [1.82, 2.24) is 0 Å². The van der Waals surface area contributed by atoms with Gasteiger partial charge in [0.15, 0.2) is 0 Å². The van der Waals surface area contributed by atoms with E-state index in [9.17, 15) is 4.39 Å². The van der Waals surface area contributed by atoms with Gasteiger partial charge in [0, 0.05) is 6.54 Å². The summed E-state index contributed by atoms with van der Waals surface area (Å²) in [7, 11) is 0. The van der Waals surface area contributed by atoms with Gasteiger partial charge in [0.1, 0.15) is 11.6 Å². The Morgan fingerprint density at radius 1 is 1.20 bits per heavy atom. The van der Waals surface area contributed by atoms with Gasteiger partial charge in [0.25, 0.3) is 0 Å². The second-order valence-electron chi connectivity index (χ2n) is 4.76. The van der Waals surface area contributed by atoms with Gasteiger partial charge in [-0.1, -0.05) is 18.2 Å². The molecule has 2 aromatic carbocycles. The van der Waals surface area contributed by atoms with Crippen LogP contribution in [0.1, 0.15) is 19.4 Å². The lowest BCUT2D eigenvalue weighted by Gasteiger charge is -2.15. The van der Waals surface area contributed by atoms with Gasteiger partial charge in [0.05, 0.1) is 16.3 Å². The van der Waals surface area contributed by atoms with Crippen LogP contribution in [0.15, 0.2) is 46.9 Å². The van der Waals surface area contributed by atoms with Crippen LogP contribution in [-0.4, -0.2) is 6.10 Å².